The van der Waals surface area contributed by atoms with E-state index in [9.17, 15) is 14.7 Å². The molecule has 1 fully saturated rings. The van der Waals surface area contributed by atoms with Gasteiger partial charge >= 0.3 is 5.97 Å². The van der Waals surface area contributed by atoms with Gasteiger partial charge in [0.15, 0.2) is 0 Å². The molecule has 2 atom stereocenters. The molecule has 1 saturated carbocycles. The quantitative estimate of drug-likeness (QED) is 0.876. The molecule has 1 aliphatic rings. The first-order valence-corrected chi connectivity index (χ1v) is 7.59. The number of aliphatic carboxylic acids is 1. The highest BCUT2D eigenvalue weighted by Gasteiger charge is 2.42. The number of nitrogens with one attached hydrogen (secondary N) is 1. The summed E-state index contributed by atoms with van der Waals surface area (Å²) in [7, 11) is 1.60. The highest BCUT2D eigenvalue weighted by Crippen LogP contribution is 2.34. The average Bonchev–Trinajstić information content (AvgIpc) is 2.47. The van der Waals surface area contributed by atoms with E-state index in [1.807, 2.05) is 13.0 Å². The third kappa shape index (κ3) is 3.65. The predicted molar refractivity (Wildman–Crippen MR) is 82.6 cm³/mol. The molecule has 0 aromatic heterocycles. The Labute approximate surface area is 130 Å². The Bertz CT molecular complexity index is 557. The summed E-state index contributed by atoms with van der Waals surface area (Å²) >= 11 is 0. The molecule has 1 aromatic rings. The molecule has 2 rings (SSSR count). The number of carbonyl (C=O) groups is 2. The maximum atomic E-state index is 12.5. The number of hydrogen-bond acceptors (Lipinski definition) is 3. The highest BCUT2D eigenvalue weighted by atomic mass is 16.5. The molecule has 2 N–H and O–H groups in total. The third-order valence-electron chi connectivity index (χ3n) is 4.41. The molecule has 0 saturated heterocycles. The van der Waals surface area contributed by atoms with Crippen molar-refractivity contribution >= 4 is 11.9 Å². The molecule has 22 heavy (non-hydrogen) atoms. The van der Waals surface area contributed by atoms with E-state index < -0.39 is 17.4 Å². The summed E-state index contributed by atoms with van der Waals surface area (Å²) in [6, 6.07) is 7.21. The Morgan fingerprint density at radius 3 is 2.86 bits per heavy atom. The lowest BCUT2D eigenvalue weighted by Gasteiger charge is -2.39. The van der Waals surface area contributed by atoms with Gasteiger partial charge < -0.3 is 15.2 Å². The zero-order valence-corrected chi connectivity index (χ0v) is 13.1. The van der Waals surface area contributed by atoms with E-state index in [2.05, 4.69) is 5.32 Å². The molecule has 1 aliphatic carbocycles. The van der Waals surface area contributed by atoms with Crippen LogP contribution in [-0.2, 0) is 16.1 Å². The molecule has 2 unspecified atom stereocenters. The number of ether oxygens (including phenoxy) is 1. The number of rotatable bonds is 5. The molecule has 5 nitrogen and oxygen atoms in total. The first-order chi connectivity index (χ1) is 10.5. The number of amides is 1. The van der Waals surface area contributed by atoms with E-state index in [-0.39, 0.29) is 5.91 Å². The molecule has 0 aliphatic heterocycles. The van der Waals surface area contributed by atoms with Gasteiger partial charge in [0.25, 0.3) is 5.91 Å². The molecule has 1 aromatic carbocycles. The zero-order chi connectivity index (χ0) is 16.2. The Morgan fingerprint density at radius 2 is 2.18 bits per heavy atom. The van der Waals surface area contributed by atoms with Crippen molar-refractivity contribution in [1.82, 2.24) is 5.32 Å². The fourth-order valence-corrected chi connectivity index (χ4v) is 3.18. The van der Waals surface area contributed by atoms with E-state index in [0.29, 0.717) is 25.0 Å². The lowest BCUT2D eigenvalue weighted by Crippen LogP contribution is -2.55. The second kappa shape index (κ2) is 6.92. The average molecular weight is 305 g/mol. The van der Waals surface area contributed by atoms with Crippen LogP contribution < -0.4 is 5.32 Å². The van der Waals surface area contributed by atoms with Gasteiger partial charge in [0.2, 0.25) is 0 Å². The summed E-state index contributed by atoms with van der Waals surface area (Å²) in [6.07, 6.45) is 3.12. The minimum atomic E-state index is -0.837. The first kappa shape index (κ1) is 16.5. The second-order valence-corrected chi connectivity index (χ2v) is 6.14. The summed E-state index contributed by atoms with van der Waals surface area (Å²) < 4.78 is 5.07. The van der Waals surface area contributed by atoms with Gasteiger partial charge in [-0.05, 0) is 37.5 Å². The minimum Gasteiger partial charge on any atom is -0.481 e. The number of carboxylic acid groups (broad SMARTS) is 1. The van der Waals surface area contributed by atoms with Crippen molar-refractivity contribution in [3.05, 3.63) is 35.4 Å². The van der Waals surface area contributed by atoms with E-state index >= 15 is 0 Å². The smallest absolute Gasteiger partial charge is 0.308 e. The SMILES string of the molecule is COCc1cccc(C(=O)NC2(C)CCCCC2C(=O)O)c1. The van der Waals surface area contributed by atoms with Crippen molar-refractivity contribution in [2.45, 2.75) is 44.8 Å². The van der Waals surface area contributed by atoms with Crippen molar-refractivity contribution in [3.63, 3.8) is 0 Å². The van der Waals surface area contributed by atoms with Crippen LogP contribution in [0.25, 0.3) is 0 Å². The third-order valence-corrected chi connectivity index (χ3v) is 4.41. The lowest BCUT2D eigenvalue weighted by atomic mass is 9.73. The zero-order valence-electron chi connectivity index (χ0n) is 13.1. The number of carbonyl (C=O) groups excluding carboxylic acids is 1. The van der Waals surface area contributed by atoms with Crippen LogP contribution in [0.2, 0.25) is 0 Å². The van der Waals surface area contributed by atoms with Gasteiger partial charge in [-0.15, -0.1) is 0 Å². The molecule has 0 spiro atoms. The fourth-order valence-electron chi connectivity index (χ4n) is 3.18. The Kier molecular flexibility index (Phi) is 5.19. The number of hydrogen-bond donors (Lipinski definition) is 2. The molecule has 0 radical (unpaired) electrons. The Balaban J connectivity index is 2.15. The summed E-state index contributed by atoms with van der Waals surface area (Å²) in [6.45, 7) is 2.28. The molecule has 1 amide bonds. The number of benzene rings is 1. The van der Waals surface area contributed by atoms with Gasteiger partial charge in [-0.3, -0.25) is 9.59 Å². The van der Waals surface area contributed by atoms with Gasteiger partial charge in [-0.1, -0.05) is 25.0 Å². The van der Waals surface area contributed by atoms with Crippen LogP contribution in [0.1, 0.15) is 48.5 Å². The van der Waals surface area contributed by atoms with E-state index in [1.165, 1.54) is 0 Å². The standard InChI is InChI=1S/C17H23NO4/c1-17(9-4-3-8-14(17)16(20)21)18-15(19)13-7-5-6-12(10-13)11-22-2/h5-7,10,14H,3-4,8-9,11H2,1-2H3,(H,18,19)(H,20,21). The van der Waals surface area contributed by atoms with Crippen molar-refractivity contribution in [2.75, 3.05) is 7.11 Å². The van der Waals surface area contributed by atoms with Crippen molar-refractivity contribution in [2.24, 2.45) is 5.92 Å². The van der Waals surface area contributed by atoms with Crippen LogP contribution in [0.4, 0.5) is 0 Å². The van der Waals surface area contributed by atoms with Crippen LogP contribution in [0, 0.1) is 5.92 Å². The maximum absolute atomic E-state index is 12.5. The maximum Gasteiger partial charge on any atom is 0.308 e. The Morgan fingerprint density at radius 1 is 1.41 bits per heavy atom. The summed E-state index contributed by atoms with van der Waals surface area (Å²) in [5, 5.41) is 12.4. The van der Waals surface area contributed by atoms with Crippen LogP contribution >= 0.6 is 0 Å². The summed E-state index contributed by atoms with van der Waals surface area (Å²) in [4.78, 5) is 24.0. The van der Waals surface area contributed by atoms with E-state index in [4.69, 9.17) is 4.74 Å². The number of carboxylic acids is 1. The largest absolute Gasteiger partial charge is 0.481 e. The Hall–Kier alpha value is -1.88. The van der Waals surface area contributed by atoms with Gasteiger partial charge in [-0.25, -0.2) is 0 Å². The summed E-state index contributed by atoms with van der Waals surface area (Å²) in [5.41, 5.74) is 0.752. The highest BCUT2D eigenvalue weighted by molar-refractivity contribution is 5.95. The second-order valence-electron chi connectivity index (χ2n) is 6.14. The molecule has 0 bridgehead atoms. The molecular formula is C17H23NO4. The van der Waals surface area contributed by atoms with Crippen LogP contribution in [0.5, 0.6) is 0 Å². The summed E-state index contributed by atoms with van der Waals surface area (Å²) in [5.74, 6) is -1.60. The van der Waals surface area contributed by atoms with Crippen LogP contribution in [0.3, 0.4) is 0 Å². The van der Waals surface area contributed by atoms with Crippen LogP contribution in [-0.4, -0.2) is 29.6 Å². The van der Waals surface area contributed by atoms with Gasteiger partial charge in [0.05, 0.1) is 18.1 Å². The fraction of sp³-hybridized carbons (Fsp3) is 0.529. The minimum absolute atomic E-state index is 0.228. The molecule has 5 heteroatoms. The van der Waals surface area contributed by atoms with E-state index in [1.54, 1.807) is 25.3 Å². The first-order valence-electron chi connectivity index (χ1n) is 7.59. The predicted octanol–water partition coefficient (Wildman–Crippen LogP) is 2.60. The molecule has 120 valence electrons. The van der Waals surface area contributed by atoms with Crippen molar-refractivity contribution in [1.29, 1.82) is 0 Å². The topological polar surface area (TPSA) is 75.6 Å². The van der Waals surface area contributed by atoms with Gasteiger partial charge in [0, 0.05) is 12.7 Å². The normalized spacial score (nSPS) is 24.7. The van der Waals surface area contributed by atoms with Crippen molar-refractivity contribution < 1.29 is 19.4 Å². The number of methoxy groups -OCH3 is 1. The van der Waals surface area contributed by atoms with Gasteiger partial charge in [-0.2, -0.15) is 0 Å². The van der Waals surface area contributed by atoms with Crippen molar-refractivity contribution in [3.8, 4) is 0 Å². The van der Waals surface area contributed by atoms with Gasteiger partial charge in [0.1, 0.15) is 0 Å². The molecular weight excluding hydrogens is 282 g/mol. The van der Waals surface area contributed by atoms with E-state index in [0.717, 1.165) is 18.4 Å². The van der Waals surface area contributed by atoms with Crippen LogP contribution in [0.15, 0.2) is 24.3 Å². The lowest BCUT2D eigenvalue weighted by molar-refractivity contribution is -0.145. The molecule has 0 heterocycles. The monoisotopic (exact) mass is 305 g/mol.